The fraction of sp³-hybridized carbons (Fsp3) is 0.250. The Morgan fingerprint density at radius 3 is 3.06 bits per heavy atom. The number of rotatable bonds is 5. The van der Waals surface area contributed by atoms with Gasteiger partial charge in [0, 0.05) is 15.9 Å². The first-order valence-corrected chi connectivity index (χ1v) is 6.97. The molecule has 0 aliphatic carbocycles. The van der Waals surface area contributed by atoms with Crippen LogP contribution in [0.15, 0.2) is 49.7 Å². The van der Waals surface area contributed by atoms with Crippen LogP contribution >= 0.6 is 27.7 Å². The fourth-order valence-electron chi connectivity index (χ4n) is 1.38. The molecular formula is C12H13BrN2OS. The molecule has 2 rings (SSSR count). The molecule has 0 radical (unpaired) electrons. The Balaban J connectivity index is 2.20. The van der Waals surface area contributed by atoms with Crippen LogP contribution in [0.3, 0.4) is 0 Å². The van der Waals surface area contributed by atoms with Gasteiger partial charge in [-0.2, -0.15) is 0 Å². The summed E-state index contributed by atoms with van der Waals surface area (Å²) >= 11 is 5.02. The highest BCUT2D eigenvalue weighted by Gasteiger charge is 2.07. The third-order valence-corrected chi connectivity index (χ3v) is 3.67. The standard InChI is InChI=1S/C12H13BrN2OS/c1-2-14-8-9-3-4-10(13)7-11(9)17-12-15-5-6-16-12/h3-7,14H,2,8H2,1H3. The summed E-state index contributed by atoms with van der Waals surface area (Å²) < 4.78 is 6.31. The summed E-state index contributed by atoms with van der Waals surface area (Å²) in [7, 11) is 0. The summed E-state index contributed by atoms with van der Waals surface area (Å²) in [5.74, 6) is 0. The van der Waals surface area contributed by atoms with Gasteiger partial charge in [-0.1, -0.05) is 28.9 Å². The molecule has 0 unspecified atom stereocenters. The molecule has 1 heterocycles. The van der Waals surface area contributed by atoms with Gasteiger partial charge >= 0.3 is 0 Å². The highest BCUT2D eigenvalue weighted by atomic mass is 79.9. The smallest absolute Gasteiger partial charge is 0.260 e. The number of halogens is 1. The van der Waals surface area contributed by atoms with Crippen molar-refractivity contribution in [2.75, 3.05) is 6.54 Å². The maximum absolute atomic E-state index is 5.25. The van der Waals surface area contributed by atoms with E-state index in [-0.39, 0.29) is 0 Å². The van der Waals surface area contributed by atoms with Gasteiger partial charge in [-0.05, 0) is 36.0 Å². The lowest BCUT2D eigenvalue weighted by Gasteiger charge is -2.08. The van der Waals surface area contributed by atoms with Crippen molar-refractivity contribution < 1.29 is 4.42 Å². The minimum absolute atomic E-state index is 0.667. The van der Waals surface area contributed by atoms with Crippen molar-refractivity contribution in [3.8, 4) is 0 Å². The van der Waals surface area contributed by atoms with Crippen molar-refractivity contribution in [3.05, 3.63) is 40.7 Å². The van der Waals surface area contributed by atoms with Gasteiger partial charge in [0.05, 0.1) is 6.20 Å². The Hall–Kier alpha value is -0.780. The van der Waals surface area contributed by atoms with Crippen LogP contribution in [0.4, 0.5) is 0 Å². The SMILES string of the molecule is CCNCc1ccc(Br)cc1Sc1ncco1. The summed E-state index contributed by atoms with van der Waals surface area (Å²) in [5, 5.41) is 3.99. The van der Waals surface area contributed by atoms with E-state index in [1.165, 1.54) is 17.3 Å². The van der Waals surface area contributed by atoms with Crippen molar-refractivity contribution in [3.63, 3.8) is 0 Å². The average Bonchev–Trinajstić information content (AvgIpc) is 2.81. The lowest BCUT2D eigenvalue weighted by Crippen LogP contribution is -2.12. The molecule has 2 aromatic rings. The summed E-state index contributed by atoms with van der Waals surface area (Å²) in [6.45, 7) is 3.91. The van der Waals surface area contributed by atoms with E-state index in [1.807, 2.05) is 6.07 Å². The summed E-state index contributed by atoms with van der Waals surface area (Å²) in [5.41, 5.74) is 1.25. The van der Waals surface area contributed by atoms with E-state index in [1.54, 1.807) is 12.5 Å². The van der Waals surface area contributed by atoms with Crippen LogP contribution in [-0.4, -0.2) is 11.5 Å². The van der Waals surface area contributed by atoms with Crippen molar-refractivity contribution in [1.29, 1.82) is 0 Å². The van der Waals surface area contributed by atoms with E-state index in [0.29, 0.717) is 5.22 Å². The topological polar surface area (TPSA) is 38.1 Å². The van der Waals surface area contributed by atoms with Crippen LogP contribution in [0, 0.1) is 0 Å². The molecule has 0 saturated heterocycles. The van der Waals surface area contributed by atoms with Crippen molar-refractivity contribution >= 4 is 27.7 Å². The number of hydrogen-bond acceptors (Lipinski definition) is 4. The lowest BCUT2D eigenvalue weighted by atomic mass is 10.2. The van der Waals surface area contributed by atoms with Crippen LogP contribution in [0.5, 0.6) is 0 Å². The third-order valence-electron chi connectivity index (χ3n) is 2.20. The zero-order chi connectivity index (χ0) is 12.1. The molecule has 1 N–H and O–H groups in total. The monoisotopic (exact) mass is 312 g/mol. The van der Waals surface area contributed by atoms with Gasteiger partial charge in [-0.15, -0.1) is 0 Å². The van der Waals surface area contributed by atoms with E-state index in [0.717, 1.165) is 22.5 Å². The van der Waals surface area contributed by atoms with Crippen molar-refractivity contribution in [2.24, 2.45) is 0 Å². The molecule has 0 amide bonds. The molecule has 0 atom stereocenters. The highest BCUT2D eigenvalue weighted by molar-refractivity contribution is 9.10. The van der Waals surface area contributed by atoms with Gasteiger partial charge in [-0.25, -0.2) is 4.98 Å². The molecule has 0 fully saturated rings. The maximum Gasteiger partial charge on any atom is 0.260 e. The second-order valence-electron chi connectivity index (χ2n) is 3.43. The number of benzene rings is 1. The summed E-state index contributed by atoms with van der Waals surface area (Å²) in [4.78, 5) is 5.28. The molecule has 17 heavy (non-hydrogen) atoms. The zero-order valence-corrected chi connectivity index (χ0v) is 11.8. The Morgan fingerprint density at radius 2 is 2.35 bits per heavy atom. The second-order valence-corrected chi connectivity index (χ2v) is 5.34. The van der Waals surface area contributed by atoms with Gasteiger partial charge < -0.3 is 9.73 Å². The normalized spacial score (nSPS) is 10.7. The molecule has 0 bridgehead atoms. The quantitative estimate of drug-likeness (QED) is 0.913. The first kappa shape index (κ1) is 12.7. The molecule has 1 aromatic heterocycles. The first-order valence-electron chi connectivity index (χ1n) is 5.36. The van der Waals surface area contributed by atoms with E-state index >= 15 is 0 Å². The Bertz CT molecular complexity index is 473. The second kappa shape index (κ2) is 6.23. The van der Waals surface area contributed by atoms with E-state index in [4.69, 9.17) is 4.42 Å². The van der Waals surface area contributed by atoms with E-state index in [9.17, 15) is 0 Å². The lowest BCUT2D eigenvalue weighted by molar-refractivity contribution is 0.454. The number of nitrogens with zero attached hydrogens (tertiary/aromatic N) is 1. The largest absolute Gasteiger partial charge is 0.440 e. The predicted octanol–water partition coefficient (Wildman–Crippen LogP) is 3.70. The molecule has 90 valence electrons. The third kappa shape index (κ3) is 3.59. The number of nitrogens with one attached hydrogen (secondary N) is 1. The minimum Gasteiger partial charge on any atom is -0.440 e. The molecule has 3 nitrogen and oxygen atoms in total. The van der Waals surface area contributed by atoms with E-state index < -0.39 is 0 Å². The maximum atomic E-state index is 5.25. The molecule has 0 aliphatic heterocycles. The average molecular weight is 313 g/mol. The molecular weight excluding hydrogens is 300 g/mol. The predicted molar refractivity (Wildman–Crippen MR) is 72.1 cm³/mol. The van der Waals surface area contributed by atoms with Crippen LogP contribution in [0.1, 0.15) is 12.5 Å². The van der Waals surface area contributed by atoms with Crippen LogP contribution in [0.25, 0.3) is 0 Å². The molecule has 5 heteroatoms. The molecule has 1 aromatic carbocycles. The number of aromatic nitrogens is 1. The molecule has 0 spiro atoms. The number of hydrogen-bond donors (Lipinski definition) is 1. The Morgan fingerprint density at radius 1 is 1.47 bits per heavy atom. The molecule has 0 aliphatic rings. The van der Waals surface area contributed by atoms with Gasteiger partial charge in [0.25, 0.3) is 5.22 Å². The zero-order valence-electron chi connectivity index (χ0n) is 9.44. The number of oxazole rings is 1. The van der Waals surface area contributed by atoms with E-state index in [2.05, 4.69) is 45.3 Å². The summed E-state index contributed by atoms with van der Waals surface area (Å²) in [6.07, 6.45) is 3.24. The van der Waals surface area contributed by atoms with Gasteiger partial charge in [0.15, 0.2) is 0 Å². The van der Waals surface area contributed by atoms with Gasteiger partial charge in [-0.3, -0.25) is 0 Å². The van der Waals surface area contributed by atoms with Crippen molar-refractivity contribution in [1.82, 2.24) is 10.3 Å². The van der Waals surface area contributed by atoms with Gasteiger partial charge in [0.2, 0.25) is 0 Å². The van der Waals surface area contributed by atoms with Crippen LogP contribution in [-0.2, 0) is 6.54 Å². The van der Waals surface area contributed by atoms with Crippen molar-refractivity contribution in [2.45, 2.75) is 23.6 Å². The minimum atomic E-state index is 0.667. The summed E-state index contributed by atoms with van der Waals surface area (Å²) in [6, 6.07) is 6.24. The Kier molecular flexibility index (Phi) is 4.65. The first-order chi connectivity index (χ1) is 8.29. The van der Waals surface area contributed by atoms with Crippen LogP contribution < -0.4 is 5.32 Å². The highest BCUT2D eigenvalue weighted by Crippen LogP contribution is 2.31. The Labute approximate surface area is 113 Å². The fourth-order valence-corrected chi connectivity index (χ4v) is 2.76. The molecule has 0 saturated carbocycles. The van der Waals surface area contributed by atoms with Crippen LogP contribution in [0.2, 0.25) is 0 Å². The van der Waals surface area contributed by atoms with Gasteiger partial charge in [0.1, 0.15) is 6.26 Å².